The molecule has 2 fully saturated rings. The number of amides is 2. The quantitative estimate of drug-likeness (QED) is 0.846. The summed E-state index contributed by atoms with van der Waals surface area (Å²) in [5, 5.41) is 9.40. The molecule has 2 saturated heterocycles. The number of likely N-dealkylation sites (tertiary alicyclic amines) is 2. The van der Waals surface area contributed by atoms with Crippen molar-refractivity contribution < 1.29 is 14.7 Å². The Morgan fingerprint density at radius 2 is 1.60 bits per heavy atom. The van der Waals surface area contributed by atoms with E-state index in [-0.39, 0.29) is 6.03 Å². The molecule has 5 nitrogen and oxygen atoms in total. The summed E-state index contributed by atoms with van der Waals surface area (Å²) in [6, 6.07) is 0.0449. The zero-order chi connectivity index (χ0) is 14.6. The number of hydrogen-bond donors (Lipinski definition) is 1. The van der Waals surface area contributed by atoms with Gasteiger partial charge in [0.15, 0.2) is 0 Å². The van der Waals surface area contributed by atoms with Crippen LogP contribution in [0.15, 0.2) is 0 Å². The van der Waals surface area contributed by atoms with Gasteiger partial charge in [-0.3, -0.25) is 4.79 Å². The SMILES string of the molecule is CCC1(C(=O)O)CCN(C(=O)N2CCCCCCC2)C1. The van der Waals surface area contributed by atoms with Crippen molar-refractivity contribution in [2.24, 2.45) is 5.41 Å². The zero-order valence-corrected chi connectivity index (χ0v) is 12.4. The van der Waals surface area contributed by atoms with Gasteiger partial charge in [-0.25, -0.2) is 4.79 Å². The number of hydrogen-bond acceptors (Lipinski definition) is 2. The van der Waals surface area contributed by atoms with Crippen molar-refractivity contribution in [2.75, 3.05) is 26.2 Å². The Morgan fingerprint density at radius 3 is 2.10 bits per heavy atom. The van der Waals surface area contributed by atoms with Gasteiger partial charge in [0.1, 0.15) is 0 Å². The minimum absolute atomic E-state index is 0.0449. The Balaban J connectivity index is 1.97. The van der Waals surface area contributed by atoms with Crippen LogP contribution in [0.4, 0.5) is 4.79 Å². The Bertz CT molecular complexity index is 364. The molecule has 2 aliphatic rings. The number of aliphatic carboxylic acids is 1. The Labute approximate surface area is 120 Å². The van der Waals surface area contributed by atoms with Crippen LogP contribution in [0, 0.1) is 5.41 Å². The van der Waals surface area contributed by atoms with Gasteiger partial charge in [-0.05, 0) is 25.7 Å². The number of carboxylic acid groups (broad SMARTS) is 1. The minimum atomic E-state index is -0.761. The van der Waals surface area contributed by atoms with E-state index in [9.17, 15) is 14.7 Å². The number of urea groups is 1. The van der Waals surface area contributed by atoms with Gasteiger partial charge in [0.25, 0.3) is 0 Å². The Hall–Kier alpha value is -1.26. The fraction of sp³-hybridized carbons (Fsp3) is 0.867. The maximum Gasteiger partial charge on any atom is 0.320 e. The van der Waals surface area contributed by atoms with E-state index < -0.39 is 11.4 Å². The molecule has 2 rings (SSSR count). The van der Waals surface area contributed by atoms with Crippen molar-refractivity contribution in [3.63, 3.8) is 0 Å². The van der Waals surface area contributed by atoms with E-state index in [4.69, 9.17) is 0 Å². The number of carboxylic acids is 1. The van der Waals surface area contributed by atoms with Crippen molar-refractivity contribution in [3.05, 3.63) is 0 Å². The van der Waals surface area contributed by atoms with Crippen molar-refractivity contribution in [2.45, 2.75) is 51.9 Å². The van der Waals surface area contributed by atoms with Crippen LogP contribution in [0.1, 0.15) is 51.9 Å². The summed E-state index contributed by atoms with van der Waals surface area (Å²) in [5.41, 5.74) is -0.724. The van der Waals surface area contributed by atoms with Gasteiger partial charge in [0, 0.05) is 26.2 Å². The monoisotopic (exact) mass is 282 g/mol. The average molecular weight is 282 g/mol. The molecular weight excluding hydrogens is 256 g/mol. The summed E-state index contributed by atoms with van der Waals surface area (Å²) < 4.78 is 0. The first-order valence-corrected chi connectivity index (χ1v) is 7.86. The second kappa shape index (κ2) is 6.46. The Kier molecular flexibility index (Phi) is 4.89. The van der Waals surface area contributed by atoms with Gasteiger partial charge in [-0.2, -0.15) is 0 Å². The second-order valence-corrected chi connectivity index (χ2v) is 6.15. The fourth-order valence-corrected chi connectivity index (χ4v) is 3.29. The number of carbonyl (C=O) groups excluding carboxylic acids is 1. The normalized spacial score (nSPS) is 28.1. The predicted octanol–water partition coefficient (Wildman–Crippen LogP) is 2.56. The van der Waals surface area contributed by atoms with E-state index in [0.29, 0.717) is 25.9 Å². The van der Waals surface area contributed by atoms with Gasteiger partial charge in [-0.15, -0.1) is 0 Å². The highest BCUT2D eigenvalue weighted by molar-refractivity contribution is 5.79. The molecule has 5 heteroatoms. The van der Waals surface area contributed by atoms with E-state index in [1.165, 1.54) is 19.3 Å². The molecule has 0 aliphatic carbocycles. The van der Waals surface area contributed by atoms with E-state index >= 15 is 0 Å². The lowest BCUT2D eigenvalue weighted by Crippen LogP contribution is -2.45. The lowest BCUT2D eigenvalue weighted by molar-refractivity contribution is -0.148. The molecule has 0 aromatic carbocycles. The molecule has 2 amide bonds. The third kappa shape index (κ3) is 3.07. The largest absolute Gasteiger partial charge is 0.481 e. The molecule has 0 saturated carbocycles. The standard InChI is InChI=1S/C15H26N2O3/c1-2-15(13(18)19)8-11-17(12-15)14(20)16-9-6-4-3-5-7-10-16/h2-12H2,1H3,(H,18,19). The van der Waals surface area contributed by atoms with Crippen LogP contribution in [0.25, 0.3) is 0 Å². The molecule has 2 aliphatic heterocycles. The summed E-state index contributed by atoms with van der Waals surface area (Å²) in [6.45, 7) is 4.49. The fourth-order valence-electron chi connectivity index (χ4n) is 3.29. The van der Waals surface area contributed by atoms with Crippen LogP contribution in [0.5, 0.6) is 0 Å². The molecule has 1 N–H and O–H groups in total. The van der Waals surface area contributed by atoms with Gasteiger partial charge in [0.05, 0.1) is 5.41 Å². The van der Waals surface area contributed by atoms with Crippen molar-refractivity contribution in [1.82, 2.24) is 9.80 Å². The molecule has 0 bridgehead atoms. The third-order valence-corrected chi connectivity index (χ3v) is 4.88. The molecule has 0 aromatic rings. The molecule has 1 atom stereocenters. The van der Waals surface area contributed by atoms with Crippen LogP contribution in [-0.4, -0.2) is 53.1 Å². The highest BCUT2D eigenvalue weighted by Crippen LogP contribution is 2.34. The number of carbonyl (C=O) groups is 2. The van der Waals surface area contributed by atoms with Crippen molar-refractivity contribution in [1.29, 1.82) is 0 Å². The van der Waals surface area contributed by atoms with Crippen LogP contribution < -0.4 is 0 Å². The molecule has 2 heterocycles. The van der Waals surface area contributed by atoms with E-state index in [1.807, 2.05) is 11.8 Å². The first-order chi connectivity index (χ1) is 9.59. The van der Waals surface area contributed by atoms with Crippen LogP contribution in [0.3, 0.4) is 0 Å². The summed E-state index contributed by atoms with van der Waals surface area (Å²) >= 11 is 0. The molecule has 0 radical (unpaired) electrons. The highest BCUT2D eigenvalue weighted by Gasteiger charge is 2.45. The molecule has 1 unspecified atom stereocenters. The van der Waals surface area contributed by atoms with E-state index in [2.05, 4.69) is 0 Å². The van der Waals surface area contributed by atoms with Gasteiger partial charge < -0.3 is 14.9 Å². The zero-order valence-electron chi connectivity index (χ0n) is 12.4. The molecular formula is C15H26N2O3. The highest BCUT2D eigenvalue weighted by atomic mass is 16.4. The number of nitrogens with zero attached hydrogens (tertiary/aromatic N) is 2. The first-order valence-electron chi connectivity index (χ1n) is 7.86. The second-order valence-electron chi connectivity index (χ2n) is 6.15. The summed E-state index contributed by atoms with van der Waals surface area (Å²) in [4.78, 5) is 27.7. The number of rotatable bonds is 2. The van der Waals surface area contributed by atoms with Gasteiger partial charge in [0.2, 0.25) is 0 Å². The molecule has 20 heavy (non-hydrogen) atoms. The third-order valence-electron chi connectivity index (χ3n) is 4.88. The summed E-state index contributed by atoms with van der Waals surface area (Å²) in [6.07, 6.45) is 6.96. The minimum Gasteiger partial charge on any atom is -0.481 e. The van der Waals surface area contributed by atoms with Crippen LogP contribution in [-0.2, 0) is 4.79 Å². The van der Waals surface area contributed by atoms with Crippen LogP contribution >= 0.6 is 0 Å². The maximum absolute atomic E-state index is 12.6. The Morgan fingerprint density at radius 1 is 1.00 bits per heavy atom. The van der Waals surface area contributed by atoms with E-state index in [0.717, 1.165) is 25.9 Å². The van der Waals surface area contributed by atoms with Crippen molar-refractivity contribution >= 4 is 12.0 Å². The smallest absolute Gasteiger partial charge is 0.320 e. The maximum atomic E-state index is 12.6. The predicted molar refractivity (Wildman–Crippen MR) is 76.6 cm³/mol. The summed E-state index contributed by atoms with van der Waals surface area (Å²) in [7, 11) is 0. The van der Waals surface area contributed by atoms with Gasteiger partial charge in [-0.1, -0.05) is 26.2 Å². The molecule has 0 aromatic heterocycles. The first kappa shape index (κ1) is 15.1. The van der Waals surface area contributed by atoms with Crippen LogP contribution in [0.2, 0.25) is 0 Å². The lowest BCUT2D eigenvalue weighted by Gasteiger charge is -2.30. The lowest BCUT2D eigenvalue weighted by atomic mass is 9.84. The van der Waals surface area contributed by atoms with Gasteiger partial charge >= 0.3 is 12.0 Å². The summed E-state index contributed by atoms with van der Waals surface area (Å²) in [5.74, 6) is -0.761. The molecule has 114 valence electrons. The molecule has 0 spiro atoms. The average Bonchev–Trinajstić information content (AvgIpc) is 2.83. The topological polar surface area (TPSA) is 60.9 Å². The van der Waals surface area contributed by atoms with E-state index in [1.54, 1.807) is 4.90 Å². The van der Waals surface area contributed by atoms with Crippen molar-refractivity contribution in [3.8, 4) is 0 Å².